The molecule has 8 heteroatoms. The Bertz CT molecular complexity index is 781. The summed E-state index contributed by atoms with van der Waals surface area (Å²) in [7, 11) is 4.51. The molecule has 0 aliphatic heterocycles. The third-order valence-corrected chi connectivity index (χ3v) is 4.19. The van der Waals surface area contributed by atoms with Crippen LogP contribution in [-0.4, -0.2) is 54.9 Å². The number of aromatic amines is 1. The highest BCUT2D eigenvalue weighted by atomic mass is 16.5. The van der Waals surface area contributed by atoms with Crippen LogP contribution >= 0.6 is 0 Å². The topological polar surface area (TPSA) is 96.5 Å². The van der Waals surface area contributed by atoms with Gasteiger partial charge in [0.05, 0.1) is 31.2 Å². The van der Waals surface area contributed by atoms with Gasteiger partial charge in [0, 0.05) is 19.3 Å². The molecule has 1 heterocycles. The molecule has 0 bridgehead atoms. The third-order valence-electron chi connectivity index (χ3n) is 4.19. The second-order valence-electron chi connectivity index (χ2n) is 5.92. The lowest BCUT2D eigenvalue weighted by Gasteiger charge is -2.19. The van der Waals surface area contributed by atoms with Crippen molar-refractivity contribution >= 4 is 17.7 Å². The molecule has 1 aromatic heterocycles. The molecule has 2 amide bonds. The van der Waals surface area contributed by atoms with Gasteiger partial charge >= 0.3 is 12.0 Å². The number of esters is 1. The van der Waals surface area contributed by atoms with Crippen molar-refractivity contribution in [3.63, 3.8) is 0 Å². The number of hydrogen-bond acceptors (Lipinski definition) is 5. The van der Waals surface area contributed by atoms with E-state index in [1.54, 1.807) is 24.1 Å². The molecule has 140 valence electrons. The largest absolute Gasteiger partial charge is 0.495 e. The fraction of sp³-hybridized carbons (Fsp3) is 0.389. The summed E-state index contributed by atoms with van der Waals surface area (Å²) >= 11 is 0. The molecule has 2 aromatic rings. The Morgan fingerprint density at radius 3 is 2.58 bits per heavy atom. The number of methoxy groups -OCH3 is 2. The van der Waals surface area contributed by atoms with Gasteiger partial charge in [-0.15, -0.1) is 0 Å². The first-order valence-electron chi connectivity index (χ1n) is 8.16. The molecule has 0 aliphatic rings. The lowest BCUT2D eigenvalue weighted by Crippen LogP contribution is -2.33. The molecule has 0 saturated heterocycles. The standard InChI is InChI=1S/C18H24N4O4/c1-11-14(12(2)21-20-11)8-9-22(3)18(24)19-15-10-13(17(23)26-5)6-7-16(15)25-4/h6-7,10H,8-9H2,1-5H3,(H,19,24)(H,20,21). The zero-order valence-corrected chi connectivity index (χ0v) is 15.7. The average Bonchev–Trinajstić information content (AvgIpc) is 2.96. The second kappa shape index (κ2) is 8.37. The van der Waals surface area contributed by atoms with Gasteiger partial charge in [-0.05, 0) is 44.0 Å². The normalized spacial score (nSPS) is 10.3. The van der Waals surface area contributed by atoms with Crippen LogP contribution in [0.2, 0.25) is 0 Å². The highest BCUT2D eigenvalue weighted by Gasteiger charge is 2.16. The quantitative estimate of drug-likeness (QED) is 0.772. The van der Waals surface area contributed by atoms with Crippen LogP contribution < -0.4 is 10.1 Å². The minimum atomic E-state index is -0.484. The smallest absolute Gasteiger partial charge is 0.337 e. The first-order valence-corrected chi connectivity index (χ1v) is 8.16. The number of nitrogens with zero attached hydrogens (tertiary/aromatic N) is 2. The number of rotatable bonds is 6. The van der Waals surface area contributed by atoms with Crippen LogP contribution in [0.15, 0.2) is 18.2 Å². The Balaban J connectivity index is 2.07. The summed E-state index contributed by atoms with van der Waals surface area (Å²) in [5.41, 5.74) is 3.78. The van der Waals surface area contributed by atoms with Crippen molar-refractivity contribution in [3.8, 4) is 5.75 Å². The zero-order chi connectivity index (χ0) is 19.3. The number of nitrogens with one attached hydrogen (secondary N) is 2. The molecule has 2 N–H and O–H groups in total. The molecule has 0 atom stereocenters. The first kappa shape index (κ1) is 19.3. The average molecular weight is 360 g/mol. The third kappa shape index (κ3) is 4.33. The second-order valence-corrected chi connectivity index (χ2v) is 5.92. The van der Waals surface area contributed by atoms with Crippen molar-refractivity contribution in [2.75, 3.05) is 33.1 Å². The number of amides is 2. The number of carbonyl (C=O) groups is 2. The number of aryl methyl sites for hydroxylation is 2. The van der Waals surface area contributed by atoms with E-state index < -0.39 is 5.97 Å². The fourth-order valence-corrected chi connectivity index (χ4v) is 2.58. The number of aromatic nitrogens is 2. The van der Waals surface area contributed by atoms with E-state index in [1.165, 1.54) is 20.3 Å². The van der Waals surface area contributed by atoms with Gasteiger partial charge in [0.1, 0.15) is 5.75 Å². The zero-order valence-electron chi connectivity index (χ0n) is 15.7. The first-order chi connectivity index (χ1) is 12.4. The van der Waals surface area contributed by atoms with E-state index >= 15 is 0 Å². The van der Waals surface area contributed by atoms with Gasteiger partial charge in [-0.2, -0.15) is 5.10 Å². The van der Waals surface area contributed by atoms with E-state index in [1.807, 2.05) is 13.8 Å². The van der Waals surface area contributed by atoms with Crippen molar-refractivity contribution in [2.45, 2.75) is 20.3 Å². The van der Waals surface area contributed by atoms with Gasteiger partial charge in [0.15, 0.2) is 0 Å². The molecule has 0 aliphatic carbocycles. The van der Waals surface area contributed by atoms with Crippen LogP contribution in [-0.2, 0) is 11.2 Å². The van der Waals surface area contributed by atoms with Crippen LogP contribution in [0, 0.1) is 13.8 Å². The van der Waals surface area contributed by atoms with Crippen LogP contribution in [0.3, 0.4) is 0 Å². The number of likely N-dealkylation sites (N-methyl/N-ethyl adjacent to an activating group) is 1. The molecule has 0 spiro atoms. The number of benzene rings is 1. The van der Waals surface area contributed by atoms with E-state index in [4.69, 9.17) is 9.47 Å². The number of anilines is 1. The molecular formula is C18H24N4O4. The Hall–Kier alpha value is -3.03. The summed E-state index contributed by atoms with van der Waals surface area (Å²) in [4.78, 5) is 25.7. The number of carbonyl (C=O) groups excluding carboxylic acids is 2. The lowest BCUT2D eigenvalue weighted by molar-refractivity contribution is 0.0600. The lowest BCUT2D eigenvalue weighted by atomic mass is 10.1. The summed E-state index contributed by atoms with van der Waals surface area (Å²) in [6.45, 7) is 4.41. The molecule has 2 rings (SSSR count). The maximum absolute atomic E-state index is 12.5. The predicted molar refractivity (Wildman–Crippen MR) is 97.7 cm³/mol. The molecule has 8 nitrogen and oxygen atoms in total. The molecule has 0 unspecified atom stereocenters. The minimum absolute atomic E-state index is 0.302. The maximum atomic E-state index is 12.5. The summed E-state index contributed by atoms with van der Waals surface area (Å²) in [6.07, 6.45) is 0.692. The summed E-state index contributed by atoms with van der Waals surface area (Å²) in [6, 6.07) is 4.42. The summed E-state index contributed by atoms with van der Waals surface area (Å²) < 4.78 is 9.95. The van der Waals surface area contributed by atoms with Gasteiger partial charge in [0.25, 0.3) is 0 Å². The van der Waals surface area contributed by atoms with Gasteiger partial charge in [-0.1, -0.05) is 0 Å². The number of ether oxygens (including phenoxy) is 2. The van der Waals surface area contributed by atoms with Gasteiger partial charge in [-0.25, -0.2) is 9.59 Å². The van der Waals surface area contributed by atoms with Gasteiger partial charge in [-0.3, -0.25) is 5.10 Å². The Labute approximate surface area is 152 Å². The van der Waals surface area contributed by atoms with Crippen molar-refractivity contribution < 1.29 is 19.1 Å². The van der Waals surface area contributed by atoms with Crippen molar-refractivity contribution in [1.82, 2.24) is 15.1 Å². The van der Waals surface area contributed by atoms with Crippen molar-refractivity contribution in [3.05, 3.63) is 40.7 Å². The van der Waals surface area contributed by atoms with Gasteiger partial charge in [0.2, 0.25) is 0 Å². The van der Waals surface area contributed by atoms with E-state index in [2.05, 4.69) is 15.5 Å². The van der Waals surface area contributed by atoms with Gasteiger partial charge < -0.3 is 19.7 Å². The number of hydrogen-bond donors (Lipinski definition) is 2. The Morgan fingerprint density at radius 2 is 2.00 bits per heavy atom. The van der Waals surface area contributed by atoms with E-state index in [0.717, 1.165) is 17.0 Å². The van der Waals surface area contributed by atoms with Crippen LogP contribution in [0.4, 0.5) is 10.5 Å². The van der Waals surface area contributed by atoms with Crippen LogP contribution in [0.25, 0.3) is 0 Å². The highest BCUT2D eigenvalue weighted by molar-refractivity contribution is 5.95. The van der Waals surface area contributed by atoms with Crippen molar-refractivity contribution in [1.29, 1.82) is 0 Å². The SMILES string of the molecule is COC(=O)c1ccc(OC)c(NC(=O)N(C)CCc2c(C)n[nH]c2C)c1. The monoisotopic (exact) mass is 360 g/mol. The summed E-state index contributed by atoms with van der Waals surface area (Å²) in [5.74, 6) is -0.0247. The number of H-pyrrole nitrogens is 1. The van der Waals surface area contributed by atoms with E-state index in [0.29, 0.717) is 30.0 Å². The number of urea groups is 1. The predicted octanol–water partition coefficient (Wildman–Crippen LogP) is 2.53. The van der Waals surface area contributed by atoms with Crippen LogP contribution in [0.1, 0.15) is 27.3 Å². The molecule has 0 fully saturated rings. The fourth-order valence-electron chi connectivity index (χ4n) is 2.58. The summed E-state index contributed by atoms with van der Waals surface area (Å²) in [5, 5.41) is 9.87. The Kier molecular flexibility index (Phi) is 6.21. The van der Waals surface area contributed by atoms with Crippen molar-refractivity contribution in [2.24, 2.45) is 0 Å². The Morgan fingerprint density at radius 1 is 1.27 bits per heavy atom. The minimum Gasteiger partial charge on any atom is -0.495 e. The molecular weight excluding hydrogens is 336 g/mol. The van der Waals surface area contributed by atoms with E-state index in [9.17, 15) is 9.59 Å². The molecule has 0 radical (unpaired) electrons. The molecule has 0 saturated carbocycles. The maximum Gasteiger partial charge on any atom is 0.337 e. The van der Waals surface area contributed by atoms with E-state index in [-0.39, 0.29) is 6.03 Å². The van der Waals surface area contributed by atoms with Crippen LogP contribution in [0.5, 0.6) is 5.75 Å². The highest BCUT2D eigenvalue weighted by Crippen LogP contribution is 2.26. The molecule has 26 heavy (non-hydrogen) atoms. The molecule has 1 aromatic carbocycles.